The number of hydrogen-bond donors (Lipinski definition) is 0. The highest BCUT2D eigenvalue weighted by atomic mass is 32.2. The molecule has 0 atom stereocenters. The Morgan fingerprint density at radius 3 is 1.85 bits per heavy atom. The number of aromatic nitrogens is 3. The molecule has 0 amide bonds. The highest BCUT2D eigenvalue weighted by Crippen LogP contribution is 2.40. The number of nitrogens with zero attached hydrogens (tertiary/aromatic N) is 4. The molecule has 4 aromatic rings. The van der Waals surface area contributed by atoms with Gasteiger partial charge in [0.15, 0.2) is 11.0 Å². The number of thioether (sulfide) groups is 1. The van der Waals surface area contributed by atoms with Gasteiger partial charge in [0, 0.05) is 24.0 Å². The van der Waals surface area contributed by atoms with E-state index in [9.17, 15) is 0 Å². The van der Waals surface area contributed by atoms with Crippen molar-refractivity contribution < 1.29 is 0 Å². The fourth-order valence-corrected chi connectivity index (χ4v) is 5.21. The quantitative estimate of drug-likeness (QED) is 0.283. The van der Waals surface area contributed by atoms with Crippen molar-refractivity contribution in [1.29, 1.82) is 0 Å². The van der Waals surface area contributed by atoms with Gasteiger partial charge in [0.2, 0.25) is 0 Å². The van der Waals surface area contributed by atoms with E-state index in [-0.39, 0.29) is 0 Å². The zero-order valence-corrected chi connectivity index (χ0v) is 22.1. The minimum absolute atomic E-state index is 0.740. The van der Waals surface area contributed by atoms with Crippen LogP contribution in [0.15, 0.2) is 53.9 Å². The van der Waals surface area contributed by atoms with Gasteiger partial charge in [0.1, 0.15) is 6.33 Å². The minimum Gasteiger partial charge on any atom is -0.344 e. The summed E-state index contributed by atoms with van der Waals surface area (Å²) < 4.78 is 0. The van der Waals surface area contributed by atoms with E-state index in [1.807, 2.05) is 6.26 Å². The van der Waals surface area contributed by atoms with E-state index < -0.39 is 0 Å². The van der Waals surface area contributed by atoms with E-state index in [1.54, 1.807) is 6.33 Å². The molecule has 174 valence electrons. The topological polar surface area (TPSA) is 41.9 Å². The van der Waals surface area contributed by atoms with Crippen molar-refractivity contribution in [3.8, 4) is 22.5 Å². The lowest BCUT2D eigenvalue weighted by Gasteiger charge is -2.28. The Labute approximate surface area is 207 Å². The summed E-state index contributed by atoms with van der Waals surface area (Å²) in [5.41, 5.74) is 13.6. The summed E-state index contributed by atoms with van der Waals surface area (Å²) in [4.78, 5) is 15.7. The van der Waals surface area contributed by atoms with Crippen molar-refractivity contribution in [2.45, 2.75) is 46.7 Å². The van der Waals surface area contributed by atoms with E-state index in [2.05, 4.69) is 111 Å². The van der Waals surface area contributed by atoms with Gasteiger partial charge in [-0.2, -0.15) is 0 Å². The molecule has 0 fully saturated rings. The highest BCUT2D eigenvalue weighted by Gasteiger charge is 2.21. The Hall–Kier alpha value is -3.18. The van der Waals surface area contributed by atoms with Crippen LogP contribution in [0.2, 0.25) is 0 Å². The smallest absolute Gasteiger partial charge is 0.190 e. The highest BCUT2D eigenvalue weighted by molar-refractivity contribution is 7.98. The molecule has 0 saturated carbocycles. The standard InChI is InChI=1S/C29H32N4S/c1-17-10-9-11-18(2)25(17)23-12-14-24(15-13-23)33(7)27-21(5)19(3)26(20(4)22(27)6)28-30-16-31-29(32-28)34-8/h9-16H,1-8H3. The van der Waals surface area contributed by atoms with Crippen LogP contribution >= 0.6 is 11.8 Å². The second-order valence-electron chi connectivity index (χ2n) is 8.89. The van der Waals surface area contributed by atoms with Crippen molar-refractivity contribution >= 4 is 23.1 Å². The van der Waals surface area contributed by atoms with Crippen LogP contribution in [0.3, 0.4) is 0 Å². The SMILES string of the molecule is CSc1ncnc(-c2c(C)c(C)c(N(C)c3ccc(-c4c(C)cccc4C)cc3)c(C)c2C)n1. The van der Waals surface area contributed by atoms with Gasteiger partial charge in [-0.05, 0) is 104 Å². The third kappa shape index (κ3) is 4.21. The van der Waals surface area contributed by atoms with Crippen molar-refractivity contribution in [3.63, 3.8) is 0 Å². The summed E-state index contributed by atoms with van der Waals surface area (Å²) in [5.74, 6) is 0.743. The van der Waals surface area contributed by atoms with Gasteiger partial charge in [-0.3, -0.25) is 0 Å². The van der Waals surface area contributed by atoms with E-state index in [0.717, 1.165) is 22.2 Å². The Morgan fingerprint density at radius 2 is 1.29 bits per heavy atom. The van der Waals surface area contributed by atoms with Gasteiger partial charge < -0.3 is 4.90 Å². The van der Waals surface area contributed by atoms with Gasteiger partial charge in [-0.25, -0.2) is 15.0 Å². The largest absolute Gasteiger partial charge is 0.344 e. The molecule has 0 bridgehead atoms. The van der Waals surface area contributed by atoms with Crippen LogP contribution in [0.25, 0.3) is 22.5 Å². The molecule has 4 nitrogen and oxygen atoms in total. The van der Waals surface area contributed by atoms with Crippen LogP contribution in [0.1, 0.15) is 33.4 Å². The van der Waals surface area contributed by atoms with E-state index in [4.69, 9.17) is 0 Å². The molecule has 1 heterocycles. The summed E-state index contributed by atoms with van der Waals surface area (Å²) in [5, 5.41) is 0.740. The van der Waals surface area contributed by atoms with Crippen LogP contribution < -0.4 is 4.90 Å². The predicted molar refractivity (Wildman–Crippen MR) is 145 cm³/mol. The maximum absolute atomic E-state index is 4.68. The molecular weight excluding hydrogens is 436 g/mol. The van der Waals surface area contributed by atoms with Crippen LogP contribution in [-0.4, -0.2) is 28.3 Å². The minimum atomic E-state index is 0.740. The average Bonchev–Trinajstić information content (AvgIpc) is 2.83. The van der Waals surface area contributed by atoms with Gasteiger partial charge in [0.25, 0.3) is 0 Å². The zero-order chi connectivity index (χ0) is 24.6. The second kappa shape index (κ2) is 9.59. The Kier molecular flexibility index (Phi) is 6.76. The molecular formula is C29H32N4S. The Bertz CT molecular complexity index is 1310. The summed E-state index contributed by atoms with van der Waals surface area (Å²) in [6.45, 7) is 13.1. The molecule has 0 aliphatic rings. The fourth-order valence-electron chi connectivity index (χ4n) is 4.88. The van der Waals surface area contributed by atoms with Crippen LogP contribution in [0.4, 0.5) is 11.4 Å². The second-order valence-corrected chi connectivity index (χ2v) is 9.67. The van der Waals surface area contributed by atoms with Gasteiger partial charge in [-0.15, -0.1) is 0 Å². The van der Waals surface area contributed by atoms with Crippen molar-refractivity contribution in [2.75, 3.05) is 18.2 Å². The molecule has 3 aromatic carbocycles. The number of rotatable bonds is 5. The summed E-state index contributed by atoms with van der Waals surface area (Å²) in [6, 6.07) is 15.4. The average molecular weight is 469 g/mol. The van der Waals surface area contributed by atoms with Crippen LogP contribution in [-0.2, 0) is 0 Å². The molecule has 34 heavy (non-hydrogen) atoms. The zero-order valence-electron chi connectivity index (χ0n) is 21.3. The lowest BCUT2D eigenvalue weighted by Crippen LogP contribution is -2.15. The summed E-state index contributed by atoms with van der Waals surface area (Å²) in [7, 11) is 2.15. The summed E-state index contributed by atoms with van der Waals surface area (Å²) >= 11 is 1.53. The molecule has 0 aliphatic heterocycles. The number of aryl methyl sites for hydroxylation is 2. The molecule has 1 aromatic heterocycles. The molecule has 0 spiro atoms. The maximum Gasteiger partial charge on any atom is 0.190 e. The van der Waals surface area contributed by atoms with Gasteiger partial charge in [0.05, 0.1) is 0 Å². The van der Waals surface area contributed by atoms with Crippen molar-refractivity contribution in [1.82, 2.24) is 15.0 Å². The molecule has 0 N–H and O–H groups in total. The molecule has 0 radical (unpaired) electrons. The first-order chi connectivity index (χ1) is 16.2. The van der Waals surface area contributed by atoms with Gasteiger partial charge in [-0.1, -0.05) is 42.1 Å². The molecule has 0 unspecified atom stereocenters. The third-order valence-electron chi connectivity index (χ3n) is 6.90. The number of benzene rings is 3. The first-order valence-corrected chi connectivity index (χ1v) is 12.7. The lowest BCUT2D eigenvalue weighted by molar-refractivity contribution is 0.910. The first kappa shape index (κ1) is 24.0. The number of anilines is 2. The number of hydrogen-bond acceptors (Lipinski definition) is 5. The van der Waals surface area contributed by atoms with Crippen LogP contribution in [0, 0.1) is 41.5 Å². The van der Waals surface area contributed by atoms with E-state index >= 15 is 0 Å². The predicted octanol–water partition coefficient (Wildman–Crippen LogP) is 7.55. The Balaban J connectivity index is 1.76. The normalized spacial score (nSPS) is 11.1. The molecule has 0 saturated heterocycles. The van der Waals surface area contributed by atoms with Crippen molar-refractivity contribution in [2.24, 2.45) is 0 Å². The lowest BCUT2D eigenvalue weighted by atomic mass is 9.90. The van der Waals surface area contributed by atoms with Crippen LogP contribution in [0.5, 0.6) is 0 Å². The maximum atomic E-state index is 4.68. The molecule has 4 rings (SSSR count). The first-order valence-electron chi connectivity index (χ1n) is 11.5. The monoisotopic (exact) mass is 468 g/mol. The van der Waals surface area contributed by atoms with E-state index in [0.29, 0.717) is 0 Å². The summed E-state index contributed by atoms with van der Waals surface area (Å²) in [6.07, 6.45) is 3.59. The van der Waals surface area contributed by atoms with E-state index in [1.165, 1.54) is 62.0 Å². The molecule has 5 heteroatoms. The Morgan fingerprint density at radius 1 is 0.706 bits per heavy atom. The fraction of sp³-hybridized carbons (Fsp3) is 0.276. The third-order valence-corrected chi connectivity index (χ3v) is 7.46. The molecule has 0 aliphatic carbocycles. The van der Waals surface area contributed by atoms with Crippen molar-refractivity contribution in [3.05, 3.63) is 82.2 Å². The van der Waals surface area contributed by atoms with Gasteiger partial charge >= 0.3 is 0 Å².